The van der Waals surface area contributed by atoms with Crippen LogP contribution in [-0.2, 0) is 20.8 Å². The van der Waals surface area contributed by atoms with Gasteiger partial charge in [0, 0.05) is 43.0 Å². The van der Waals surface area contributed by atoms with Crippen LogP contribution in [0.4, 0.5) is 0 Å². The topological polar surface area (TPSA) is 100 Å². The highest BCUT2D eigenvalue weighted by Crippen LogP contribution is 2.15. The molecule has 0 aliphatic carbocycles. The molecular weight excluding hydrogens is 340 g/mol. The van der Waals surface area contributed by atoms with Crippen molar-refractivity contribution in [2.45, 2.75) is 58.0 Å². The number of piperidine rings is 1. The van der Waals surface area contributed by atoms with Gasteiger partial charge in [0.1, 0.15) is 5.92 Å². The van der Waals surface area contributed by atoms with Gasteiger partial charge in [-0.3, -0.25) is 14.4 Å². The Kier molecular flexibility index (Phi) is 7.36. The second-order valence-corrected chi connectivity index (χ2v) is 7.36. The minimum atomic E-state index is -0.630. The highest BCUT2D eigenvalue weighted by atomic mass is 32.1. The van der Waals surface area contributed by atoms with E-state index in [0.29, 0.717) is 32.2 Å². The van der Waals surface area contributed by atoms with Crippen LogP contribution in [0.25, 0.3) is 0 Å². The summed E-state index contributed by atoms with van der Waals surface area (Å²) in [4.78, 5) is 40.3. The van der Waals surface area contributed by atoms with Crippen LogP contribution >= 0.6 is 11.3 Å². The Labute approximate surface area is 152 Å². The molecule has 1 aliphatic heterocycles. The molecule has 3 atom stereocenters. The third kappa shape index (κ3) is 6.12. The molecule has 0 aromatic carbocycles. The lowest BCUT2D eigenvalue weighted by molar-refractivity contribution is -0.137. The van der Waals surface area contributed by atoms with E-state index in [-0.39, 0.29) is 29.8 Å². The van der Waals surface area contributed by atoms with E-state index in [1.165, 1.54) is 11.3 Å². The molecule has 138 valence electrons. The molecule has 3 amide bonds. The average Bonchev–Trinajstić information content (AvgIpc) is 3.10. The van der Waals surface area contributed by atoms with Crippen molar-refractivity contribution in [2.75, 3.05) is 6.54 Å². The molecule has 2 heterocycles. The van der Waals surface area contributed by atoms with E-state index >= 15 is 0 Å². The van der Waals surface area contributed by atoms with Crippen molar-refractivity contribution in [3.8, 4) is 0 Å². The summed E-state index contributed by atoms with van der Waals surface area (Å²) in [5.41, 5.74) is 0. The zero-order chi connectivity index (χ0) is 18.2. The van der Waals surface area contributed by atoms with Crippen LogP contribution in [0.1, 0.15) is 44.5 Å². The second kappa shape index (κ2) is 9.50. The standard InChI is InChI=1S/C17H26N4O3S/c1-3-12(21-14(22)6-7-15-18-8-9-25-15)10-19-16(23)13-5-4-11(2)20-17(13)24/h8-9,11-13H,3-7,10H2,1-2H3,(H,19,23)(H,20,24)(H,21,22). The summed E-state index contributed by atoms with van der Waals surface area (Å²) >= 11 is 1.53. The van der Waals surface area contributed by atoms with E-state index < -0.39 is 5.92 Å². The zero-order valence-corrected chi connectivity index (χ0v) is 15.5. The van der Waals surface area contributed by atoms with Gasteiger partial charge in [-0.2, -0.15) is 0 Å². The smallest absolute Gasteiger partial charge is 0.232 e. The molecular formula is C17H26N4O3S. The summed E-state index contributed by atoms with van der Waals surface area (Å²) in [5, 5.41) is 11.4. The van der Waals surface area contributed by atoms with Crippen LogP contribution < -0.4 is 16.0 Å². The van der Waals surface area contributed by atoms with Crippen LogP contribution in [-0.4, -0.2) is 41.3 Å². The van der Waals surface area contributed by atoms with Crippen molar-refractivity contribution in [3.05, 3.63) is 16.6 Å². The molecule has 1 aromatic heterocycles. The Hall–Kier alpha value is -1.96. The summed E-state index contributed by atoms with van der Waals surface area (Å²) in [5.74, 6) is -1.16. The number of nitrogens with one attached hydrogen (secondary N) is 3. The Balaban J connectivity index is 1.72. The van der Waals surface area contributed by atoms with Gasteiger partial charge in [0.2, 0.25) is 17.7 Å². The van der Waals surface area contributed by atoms with Crippen molar-refractivity contribution >= 4 is 29.1 Å². The van der Waals surface area contributed by atoms with E-state index in [4.69, 9.17) is 0 Å². The Morgan fingerprint density at radius 1 is 1.44 bits per heavy atom. The third-order valence-electron chi connectivity index (χ3n) is 4.34. The second-order valence-electron chi connectivity index (χ2n) is 6.38. The van der Waals surface area contributed by atoms with Gasteiger partial charge in [-0.05, 0) is 26.2 Å². The van der Waals surface area contributed by atoms with E-state index in [1.54, 1.807) is 6.20 Å². The molecule has 0 bridgehead atoms. The first-order valence-electron chi connectivity index (χ1n) is 8.75. The maximum Gasteiger partial charge on any atom is 0.232 e. The molecule has 0 saturated carbocycles. The van der Waals surface area contributed by atoms with Crippen molar-refractivity contribution < 1.29 is 14.4 Å². The lowest BCUT2D eigenvalue weighted by atomic mass is 9.94. The highest BCUT2D eigenvalue weighted by molar-refractivity contribution is 7.09. The van der Waals surface area contributed by atoms with Gasteiger partial charge in [-0.25, -0.2) is 4.98 Å². The summed E-state index contributed by atoms with van der Waals surface area (Å²) in [6.45, 7) is 4.21. The van der Waals surface area contributed by atoms with Crippen molar-refractivity contribution in [1.82, 2.24) is 20.9 Å². The summed E-state index contributed by atoms with van der Waals surface area (Å²) < 4.78 is 0. The number of nitrogens with zero attached hydrogens (tertiary/aromatic N) is 1. The van der Waals surface area contributed by atoms with Crippen LogP contribution in [0, 0.1) is 5.92 Å². The average molecular weight is 366 g/mol. The minimum absolute atomic E-state index is 0.0551. The molecule has 3 unspecified atom stereocenters. The van der Waals surface area contributed by atoms with Crippen molar-refractivity contribution in [2.24, 2.45) is 5.92 Å². The Morgan fingerprint density at radius 2 is 2.24 bits per heavy atom. The monoisotopic (exact) mass is 366 g/mol. The molecule has 25 heavy (non-hydrogen) atoms. The predicted molar refractivity (Wildman–Crippen MR) is 96.0 cm³/mol. The quantitative estimate of drug-likeness (QED) is 0.598. The van der Waals surface area contributed by atoms with Gasteiger partial charge in [-0.15, -0.1) is 11.3 Å². The van der Waals surface area contributed by atoms with Gasteiger partial charge in [-0.1, -0.05) is 6.92 Å². The Morgan fingerprint density at radius 3 is 2.88 bits per heavy atom. The maximum absolute atomic E-state index is 12.2. The van der Waals surface area contributed by atoms with Crippen LogP contribution in [0.2, 0.25) is 0 Å². The largest absolute Gasteiger partial charge is 0.353 e. The molecule has 0 radical (unpaired) electrons. The van der Waals surface area contributed by atoms with E-state index in [2.05, 4.69) is 20.9 Å². The van der Waals surface area contributed by atoms with Gasteiger partial charge < -0.3 is 16.0 Å². The van der Waals surface area contributed by atoms with Gasteiger partial charge in [0.15, 0.2) is 0 Å². The first-order chi connectivity index (χ1) is 12.0. The van der Waals surface area contributed by atoms with Crippen molar-refractivity contribution in [3.63, 3.8) is 0 Å². The lowest BCUT2D eigenvalue weighted by Gasteiger charge is -2.26. The fraction of sp³-hybridized carbons (Fsp3) is 0.647. The first kappa shape index (κ1) is 19.4. The summed E-state index contributed by atoms with van der Waals surface area (Å²) in [6, 6.07) is -0.0182. The van der Waals surface area contributed by atoms with E-state index in [1.807, 2.05) is 19.2 Å². The summed E-state index contributed by atoms with van der Waals surface area (Å²) in [7, 11) is 0. The fourth-order valence-corrected chi connectivity index (χ4v) is 3.38. The molecule has 1 aliphatic rings. The van der Waals surface area contributed by atoms with Crippen LogP contribution in [0.5, 0.6) is 0 Å². The van der Waals surface area contributed by atoms with Gasteiger partial charge in [0.05, 0.1) is 5.01 Å². The number of hydrogen-bond donors (Lipinski definition) is 3. The SMILES string of the molecule is CCC(CNC(=O)C1CCC(C)NC1=O)NC(=O)CCc1nccs1. The zero-order valence-electron chi connectivity index (χ0n) is 14.7. The molecule has 1 aromatic rings. The number of rotatable bonds is 8. The molecule has 7 nitrogen and oxygen atoms in total. The van der Waals surface area contributed by atoms with E-state index in [9.17, 15) is 14.4 Å². The molecule has 2 rings (SSSR count). The fourth-order valence-electron chi connectivity index (χ4n) is 2.75. The number of aromatic nitrogens is 1. The molecule has 1 saturated heterocycles. The number of aryl methyl sites for hydroxylation is 1. The molecule has 0 spiro atoms. The van der Waals surface area contributed by atoms with E-state index in [0.717, 1.165) is 11.4 Å². The summed E-state index contributed by atoms with van der Waals surface area (Å²) in [6.07, 6.45) is 4.79. The minimum Gasteiger partial charge on any atom is -0.353 e. The van der Waals surface area contributed by atoms with Gasteiger partial charge >= 0.3 is 0 Å². The van der Waals surface area contributed by atoms with Crippen LogP contribution in [0.15, 0.2) is 11.6 Å². The van der Waals surface area contributed by atoms with Gasteiger partial charge in [0.25, 0.3) is 0 Å². The normalized spacial score (nSPS) is 21.3. The predicted octanol–water partition coefficient (Wildman–Crippen LogP) is 1.00. The number of hydrogen-bond acceptors (Lipinski definition) is 5. The lowest BCUT2D eigenvalue weighted by Crippen LogP contribution is -2.51. The number of thiazole rings is 1. The molecule has 8 heteroatoms. The highest BCUT2D eigenvalue weighted by Gasteiger charge is 2.31. The number of carbonyl (C=O) groups is 3. The maximum atomic E-state index is 12.2. The molecule has 3 N–H and O–H groups in total. The Bertz CT molecular complexity index is 591. The third-order valence-corrected chi connectivity index (χ3v) is 5.18. The van der Waals surface area contributed by atoms with Crippen molar-refractivity contribution in [1.29, 1.82) is 0 Å². The van der Waals surface area contributed by atoms with Crippen LogP contribution in [0.3, 0.4) is 0 Å². The number of carbonyl (C=O) groups excluding carboxylic acids is 3. The number of amides is 3. The first-order valence-corrected chi connectivity index (χ1v) is 9.63. The molecule has 1 fully saturated rings.